The molecule has 1 aromatic carbocycles. The van der Waals surface area contributed by atoms with E-state index in [-0.39, 0.29) is 19.0 Å². The molecule has 2 atom stereocenters. The van der Waals surface area contributed by atoms with Crippen LogP contribution in [-0.2, 0) is 4.74 Å². The highest BCUT2D eigenvalue weighted by Crippen LogP contribution is 2.43. The number of nitrogens with zero attached hydrogens (tertiary/aromatic N) is 7. The molecule has 3 fully saturated rings. The average Bonchev–Trinajstić information content (AvgIpc) is 3.71. The number of hydrogen-bond donors (Lipinski definition) is 2. The molecule has 4 aliphatic heterocycles. The number of alkyl halides is 1. The zero-order chi connectivity index (χ0) is 25.2. The summed E-state index contributed by atoms with van der Waals surface area (Å²) in [7, 11) is 0. The normalized spacial score (nSPS) is 23.5. The first-order chi connectivity index (χ1) is 18.2. The SMILES string of the molecule is N#CCC1CCN(c2nc3c(c(Nc4ccc(N5CCN(CCF)CC5)cc4)n2)C2OC2NN=C3)CC1. The number of hydrogen-bond acceptors (Lipinski definition) is 10. The number of ether oxygens (including phenoxy) is 1. The van der Waals surface area contributed by atoms with Gasteiger partial charge in [0.15, 0.2) is 6.23 Å². The first kappa shape index (κ1) is 23.9. The number of piperidine rings is 1. The molecular weight excluding hydrogens is 473 g/mol. The zero-order valence-electron chi connectivity index (χ0n) is 20.8. The van der Waals surface area contributed by atoms with Gasteiger partial charge in [-0.15, -0.1) is 0 Å². The van der Waals surface area contributed by atoms with Crippen LogP contribution >= 0.6 is 0 Å². The third kappa shape index (κ3) is 5.17. The lowest BCUT2D eigenvalue weighted by Gasteiger charge is -2.35. The summed E-state index contributed by atoms with van der Waals surface area (Å²) in [5.74, 6) is 1.84. The highest BCUT2D eigenvalue weighted by molar-refractivity contribution is 5.84. The van der Waals surface area contributed by atoms with Crippen LogP contribution in [0.2, 0.25) is 0 Å². The van der Waals surface area contributed by atoms with Gasteiger partial charge in [-0.3, -0.25) is 10.3 Å². The van der Waals surface area contributed by atoms with Crippen LogP contribution < -0.4 is 20.5 Å². The first-order valence-electron chi connectivity index (χ1n) is 13.1. The van der Waals surface area contributed by atoms with Crippen LogP contribution in [0, 0.1) is 17.2 Å². The smallest absolute Gasteiger partial charge is 0.227 e. The lowest BCUT2D eigenvalue weighted by Crippen LogP contribution is -2.47. The first-order valence-corrected chi connectivity index (χ1v) is 13.1. The van der Waals surface area contributed by atoms with Gasteiger partial charge in [0.05, 0.1) is 23.5 Å². The molecule has 11 heteroatoms. The summed E-state index contributed by atoms with van der Waals surface area (Å²) < 4.78 is 18.4. The Balaban J connectivity index is 1.21. The number of aromatic nitrogens is 2. The van der Waals surface area contributed by atoms with Crippen molar-refractivity contribution in [3.05, 3.63) is 35.5 Å². The van der Waals surface area contributed by atoms with Crippen molar-refractivity contribution < 1.29 is 9.13 Å². The number of anilines is 4. The molecule has 10 nitrogen and oxygen atoms in total. The number of rotatable bonds is 7. The molecule has 3 saturated heterocycles. The van der Waals surface area contributed by atoms with E-state index in [1.807, 2.05) is 0 Å². The van der Waals surface area contributed by atoms with E-state index in [4.69, 9.17) is 20.0 Å². The summed E-state index contributed by atoms with van der Waals surface area (Å²) in [5.41, 5.74) is 6.77. The maximum atomic E-state index is 12.6. The molecule has 0 aliphatic carbocycles. The standard InChI is InChI=1S/C26H32FN9O/c27-8-12-34-13-15-35(16-14-34)20-3-1-19(2-4-20)30-24-22-21(17-29-33-25-23(22)37-25)31-26(32-24)36-10-6-18(5-9-28)7-11-36/h1-4,17-18,23,25,33H,5-8,10-16H2,(H,30,31,32). The second-order valence-electron chi connectivity index (χ2n) is 10.0. The fourth-order valence-corrected chi connectivity index (χ4v) is 5.40. The summed E-state index contributed by atoms with van der Waals surface area (Å²) in [6, 6.07) is 10.7. The summed E-state index contributed by atoms with van der Waals surface area (Å²) in [6.07, 6.45) is 3.97. The Labute approximate surface area is 216 Å². The molecule has 4 aliphatic rings. The maximum Gasteiger partial charge on any atom is 0.227 e. The molecule has 2 N–H and O–H groups in total. The van der Waals surface area contributed by atoms with Crippen LogP contribution in [0.5, 0.6) is 0 Å². The molecular formula is C26H32FN9O. The van der Waals surface area contributed by atoms with Gasteiger partial charge in [-0.25, -0.2) is 9.37 Å². The molecule has 5 heterocycles. The average molecular weight is 506 g/mol. The Morgan fingerprint density at radius 2 is 1.84 bits per heavy atom. The molecule has 2 unspecified atom stereocenters. The van der Waals surface area contributed by atoms with Crippen molar-refractivity contribution in [2.24, 2.45) is 11.0 Å². The molecule has 1 aromatic heterocycles. The largest absolute Gasteiger partial charge is 0.369 e. The number of benzene rings is 1. The van der Waals surface area contributed by atoms with Gasteiger partial charge in [0, 0.05) is 63.6 Å². The zero-order valence-corrected chi connectivity index (χ0v) is 20.8. The van der Waals surface area contributed by atoms with Crippen molar-refractivity contribution in [3.63, 3.8) is 0 Å². The van der Waals surface area contributed by atoms with E-state index in [0.29, 0.717) is 24.8 Å². The molecule has 194 valence electrons. The van der Waals surface area contributed by atoms with Gasteiger partial charge >= 0.3 is 0 Å². The monoisotopic (exact) mass is 505 g/mol. The Morgan fingerprint density at radius 3 is 2.57 bits per heavy atom. The molecule has 0 radical (unpaired) electrons. The molecule has 0 amide bonds. The van der Waals surface area contributed by atoms with Crippen molar-refractivity contribution in [2.75, 3.05) is 67.6 Å². The highest BCUT2D eigenvalue weighted by Gasteiger charge is 2.45. The highest BCUT2D eigenvalue weighted by atomic mass is 19.1. The van der Waals surface area contributed by atoms with Crippen LogP contribution in [0.25, 0.3) is 0 Å². The predicted molar refractivity (Wildman–Crippen MR) is 140 cm³/mol. The number of epoxide rings is 1. The van der Waals surface area contributed by atoms with Gasteiger partial charge in [-0.1, -0.05) is 0 Å². The van der Waals surface area contributed by atoms with Crippen LogP contribution in [0.1, 0.15) is 36.6 Å². The predicted octanol–water partition coefficient (Wildman–Crippen LogP) is 2.78. The minimum Gasteiger partial charge on any atom is -0.369 e. The van der Waals surface area contributed by atoms with Crippen molar-refractivity contribution in [3.8, 4) is 6.07 Å². The number of fused-ring (bicyclic) bond motifs is 3. The minimum absolute atomic E-state index is 0.143. The molecule has 37 heavy (non-hydrogen) atoms. The summed E-state index contributed by atoms with van der Waals surface area (Å²) in [6.45, 7) is 5.44. The van der Waals surface area contributed by atoms with E-state index in [2.05, 4.69) is 60.9 Å². The Bertz CT molecular complexity index is 1170. The van der Waals surface area contributed by atoms with E-state index in [1.54, 1.807) is 6.21 Å². The fraction of sp³-hybridized carbons (Fsp3) is 0.538. The number of hydrazone groups is 1. The topological polar surface area (TPSA) is 108 Å². The minimum atomic E-state index is -0.289. The molecule has 2 aromatic rings. The van der Waals surface area contributed by atoms with Crippen molar-refractivity contribution >= 4 is 29.4 Å². The number of halogens is 1. The second kappa shape index (κ2) is 10.5. The molecule has 0 spiro atoms. The van der Waals surface area contributed by atoms with Gasteiger partial charge in [-0.2, -0.15) is 15.3 Å². The van der Waals surface area contributed by atoms with Crippen LogP contribution in [0.4, 0.5) is 27.5 Å². The molecule has 0 saturated carbocycles. The Hall–Kier alpha value is -3.49. The van der Waals surface area contributed by atoms with E-state index in [9.17, 15) is 4.39 Å². The van der Waals surface area contributed by atoms with Gasteiger partial charge < -0.3 is 19.9 Å². The van der Waals surface area contributed by atoms with E-state index >= 15 is 0 Å². The van der Waals surface area contributed by atoms with Crippen molar-refractivity contribution in [2.45, 2.75) is 31.6 Å². The third-order valence-corrected chi connectivity index (χ3v) is 7.67. The lowest BCUT2D eigenvalue weighted by atomic mass is 9.94. The summed E-state index contributed by atoms with van der Waals surface area (Å²) >= 11 is 0. The van der Waals surface area contributed by atoms with Gasteiger partial charge in [0.25, 0.3) is 0 Å². The van der Waals surface area contributed by atoms with Gasteiger partial charge in [0.1, 0.15) is 18.6 Å². The molecule has 0 bridgehead atoms. The van der Waals surface area contributed by atoms with Crippen LogP contribution in [0.3, 0.4) is 0 Å². The fourth-order valence-electron chi connectivity index (χ4n) is 5.40. The van der Waals surface area contributed by atoms with E-state index in [1.165, 1.54) is 0 Å². The molecule has 6 rings (SSSR count). The summed E-state index contributed by atoms with van der Waals surface area (Å²) in [4.78, 5) is 16.5. The Morgan fingerprint density at radius 1 is 1.05 bits per heavy atom. The van der Waals surface area contributed by atoms with Crippen LogP contribution in [-0.4, -0.2) is 79.8 Å². The van der Waals surface area contributed by atoms with Crippen LogP contribution in [0.15, 0.2) is 29.4 Å². The van der Waals surface area contributed by atoms with Crippen molar-refractivity contribution in [1.29, 1.82) is 5.26 Å². The number of nitriles is 1. The summed E-state index contributed by atoms with van der Waals surface area (Å²) in [5, 5.41) is 16.8. The van der Waals surface area contributed by atoms with E-state index < -0.39 is 0 Å². The quantitative estimate of drug-likeness (QED) is 0.549. The maximum absolute atomic E-state index is 12.6. The second-order valence-corrected chi connectivity index (χ2v) is 10.0. The number of piperazine rings is 1. The third-order valence-electron chi connectivity index (χ3n) is 7.67. The van der Waals surface area contributed by atoms with E-state index in [0.717, 1.165) is 80.6 Å². The Kier molecular flexibility index (Phi) is 6.76. The van der Waals surface area contributed by atoms with Gasteiger partial charge in [0.2, 0.25) is 5.95 Å². The van der Waals surface area contributed by atoms with Gasteiger partial charge in [-0.05, 0) is 43.0 Å². The number of nitrogens with one attached hydrogen (secondary N) is 2. The lowest BCUT2D eigenvalue weighted by molar-refractivity contribution is 0.235. The van der Waals surface area contributed by atoms with Crippen molar-refractivity contribution in [1.82, 2.24) is 20.3 Å².